The fourth-order valence-corrected chi connectivity index (χ4v) is 2.22. The standard InChI is InChI=1S/C14H8Cl3FO3/c15-10-4-12(17)13(5-11(10)16)21-6-7-1-8(14(19)20)3-9(18)2-7/h1-5H,6H2,(H,19,20). The highest BCUT2D eigenvalue weighted by molar-refractivity contribution is 6.43. The molecule has 0 aromatic heterocycles. The number of rotatable bonds is 4. The molecule has 0 saturated carbocycles. The second-order valence-electron chi connectivity index (χ2n) is 4.14. The molecule has 3 nitrogen and oxygen atoms in total. The van der Waals surface area contributed by atoms with E-state index in [1.54, 1.807) is 0 Å². The Morgan fingerprint density at radius 2 is 1.71 bits per heavy atom. The molecule has 0 atom stereocenters. The molecular weight excluding hydrogens is 342 g/mol. The topological polar surface area (TPSA) is 46.5 Å². The third-order valence-electron chi connectivity index (χ3n) is 2.57. The van der Waals surface area contributed by atoms with Crippen molar-refractivity contribution in [3.8, 4) is 5.75 Å². The van der Waals surface area contributed by atoms with Gasteiger partial charge in [0.2, 0.25) is 0 Å². The van der Waals surface area contributed by atoms with Crippen molar-refractivity contribution in [1.29, 1.82) is 0 Å². The van der Waals surface area contributed by atoms with E-state index in [9.17, 15) is 9.18 Å². The van der Waals surface area contributed by atoms with Crippen LogP contribution in [0.1, 0.15) is 15.9 Å². The molecule has 0 radical (unpaired) electrons. The van der Waals surface area contributed by atoms with Crippen molar-refractivity contribution in [2.24, 2.45) is 0 Å². The Morgan fingerprint density at radius 3 is 2.38 bits per heavy atom. The van der Waals surface area contributed by atoms with E-state index in [-0.39, 0.29) is 33.0 Å². The summed E-state index contributed by atoms with van der Waals surface area (Å²) in [4.78, 5) is 10.9. The molecule has 0 amide bonds. The lowest BCUT2D eigenvalue weighted by Gasteiger charge is -2.10. The number of aromatic carboxylic acids is 1. The smallest absolute Gasteiger partial charge is 0.335 e. The zero-order chi connectivity index (χ0) is 15.6. The first-order chi connectivity index (χ1) is 9.86. The van der Waals surface area contributed by atoms with E-state index in [1.807, 2.05) is 0 Å². The Bertz CT molecular complexity index is 704. The van der Waals surface area contributed by atoms with Gasteiger partial charge in [-0.15, -0.1) is 0 Å². The first-order valence-corrected chi connectivity index (χ1v) is 6.80. The lowest BCUT2D eigenvalue weighted by Crippen LogP contribution is -2.02. The molecule has 0 saturated heterocycles. The number of carboxylic acid groups (broad SMARTS) is 1. The van der Waals surface area contributed by atoms with Gasteiger partial charge in [0, 0.05) is 6.07 Å². The van der Waals surface area contributed by atoms with E-state index in [0.717, 1.165) is 6.07 Å². The van der Waals surface area contributed by atoms with Crippen molar-refractivity contribution in [3.05, 3.63) is 62.3 Å². The maximum atomic E-state index is 13.3. The molecule has 21 heavy (non-hydrogen) atoms. The normalized spacial score (nSPS) is 10.5. The highest BCUT2D eigenvalue weighted by Gasteiger charge is 2.10. The summed E-state index contributed by atoms with van der Waals surface area (Å²) < 4.78 is 18.7. The molecule has 0 aliphatic heterocycles. The van der Waals surface area contributed by atoms with Gasteiger partial charge in [-0.25, -0.2) is 9.18 Å². The van der Waals surface area contributed by atoms with Crippen molar-refractivity contribution >= 4 is 40.8 Å². The highest BCUT2D eigenvalue weighted by atomic mass is 35.5. The van der Waals surface area contributed by atoms with Gasteiger partial charge in [0.15, 0.2) is 0 Å². The van der Waals surface area contributed by atoms with E-state index >= 15 is 0 Å². The molecule has 0 bridgehead atoms. The van der Waals surface area contributed by atoms with Crippen molar-refractivity contribution in [3.63, 3.8) is 0 Å². The number of halogens is 4. The van der Waals surface area contributed by atoms with Gasteiger partial charge in [-0.2, -0.15) is 0 Å². The van der Waals surface area contributed by atoms with Gasteiger partial charge >= 0.3 is 5.97 Å². The van der Waals surface area contributed by atoms with Crippen LogP contribution in [0.2, 0.25) is 15.1 Å². The number of benzene rings is 2. The Hall–Kier alpha value is -1.49. The summed E-state index contributed by atoms with van der Waals surface area (Å²) in [6.07, 6.45) is 0. The van der Waals surface area contributed by atoms with E-state index < -0.39 is 11.8 Å². The third kappa shape index (κ3) is 4.00. The zero-order valence-electron chi connectivity index (χ0n) is 10.4. The van der Waals surface area contributed by atoms with Crippen molar-refractivity contribution < 1.29 is 19.0 Å². The summed E-state index contributed by atoms with van der Waals surface area (Å²) in [6.45, 7) is -0.0598. The summed E-state index contributed by atoms with van der Waals surface area (Å²) in [6, 6.07) is 6.28. The predicted octanol–water partition coefficient (Wildman–Crippen LogP) is 5.06. The molecule has 0 aliphatic carbocycles. The molecule has 2 aromatic carbocycles. The van der Waals surface area contributed by atoms with Crippen LogP contribution in [0, 0.1) is 5.82 Å². The van der Waals surface area contributed by atoms with Crippen LogP contribution in [0.4, 0.5) is 4.39 Å². The summed E-state index contributed by atoms with van der Waals surface area (Å²) >= 11 is 17.6. The molecule has 0 spiro atoms. The van der Waals surface area contributed by atoms with E-state index in [4.69, 9.17) is 44.6 Å². The molecule has 1 N–H and O–H groups in total. The summed E-state index contributed by atoms with van der Waals surface area (Å²) in [5, 5.41) is 9.67. The fraction of sp³-hybridized carbons (Fsp3) is 0.0714. The van der Waals surface area contributed by atoms with Crippen LogP contribution in [0.3, 0.4) is 0 Å². The number of carboxylic acids is 1. The van der Waals surface area contributed by atoms with Crippen LogP contribution < -0.4 is 4.74 Å². The Kier molecular flexibility index (Phi) is 4.93. The zero-order valence-corrected chi connectivity index (χ0v) is 12.6. The maximum Gasteiger partial charge on any atom is 0.335 e. The van der Waals surface area contributed by atoms with Gasteiger partial charge in [-0.1, -0.05) is 34.8 Å². The van der Waals surface area contributed by atoms with E-state index in [2.05, 4.69) is 0 Å². The third-order valence-corrected chi connectivity index (χ3v) is 3.59. The first-order valence-electron chi connectivity index (χ1n) is 5.67. The maximum absolute atomic E-state index is 13.3. The lowest BCUT2D eigenvalue weighted by atomic mass is 10.1. The minimum atomic E-state index is -1.22. The average Bonchev–Trinajstić information content (AvgIpc) is 2.40. The van der Waals surface area contributed by atoms with Crippen LogP contribution >= 0.6 is 34.8 Å². The quantitative estimate of drug-likeness (QED) is 0.785. The molecule has 7 heteroatoms. The monoisotopic (exact) mass is 348 g/mol. The predicted molar refractivity (Wildman–Crippen MR) is 79.2 cm³/mol. The summed E-state index contributed by atoms with van der Waals surface area (Å²) in [7, 11) is 0. The minimum Gasteiger partial charge on any atom is -0.487 e. The van der Waals surface area contributed by atoms with E-state index in [0.29, 0.717) is 5.56 Å². The van der Waals surface area contributed by atoms with Gasteiger partial charge in [0.25, 0.3) is 0 Å². The Morgan fingerprint density at radius 1 is 1.05 bits per heavy atom. The number of ether oxygens (including phenoxy) is 1. The van der Waals surface area contributed by atoms with Gasteiger partial charge in [-0.05, 0) is 29.8 Å². The second kappa shape index (κ2) is 6.52. The molecule has 2 rings (SSSR count). The van der Waals surface area contributed by atoms with Crippen LogP contribution in [0.5, 0.6) is 5.75 Å². The molecule has 0 fully saturated rings. The number of hydrogen-bond donors (Lipinski definition) is 1. The van der Waals surface area contributed by atoms with Gasteiger partial charge < -0.3 is 9.84 Å². The van der Waals surface area contributed by atoms with E-state index in [1.165, 1.54) is 24.3 Å². The molecule has 110 valence electrons. The van der Waals surface area contributed by atoms with Gasteiger partial charge in [0.1, 0.15) is 18.2 Å². The van der Waals surface area contributed by atoms with Crippen molar-refractivity contribution in [2.75, 3.05) is 0 Å². The van der Waals surface area contributed by atoms with Crippen molar-refractivity contribution in [2.45, 2.75) is 6.61 Å². The lowest BCUT2D eigenvalue weighted by molar-refractivity contribution is 0.0696. The highest BCUT2D eigenvalue weighted by Crippen LogP contribution is 2.34. The fourth-order valence-electron chi connectivity index (χ4n) is 1.63. The molecule has 0 heterocycles. The van der Waals surface area contributed by atoms with Crippen LogP contribution in [-0.4, -0.2) is 11.1 Å². The molecule has 2 aromatic rings. The van der Waals surface area contributed by atoms with Crippen LogP contribution in [0.25, 0.3) is 0 Å². The number of hydrogen-bond acceptors (Lipinski definition) is 2. The molecular formula is C14H8Cl3FO3. The van der Waals surface area contributed by atoms with Crippen LogP contribution in [-0.2, 0) is 6.61 Å². The number of carbonyl (C=O) groups is 1. The first kappa shape index (κ1) is 15.9. The van der Waals surface area contributed by atoms with Crippen molar-refractivity contribution in [1.82, 2.24) is 0 Å². The van der Waals surface area contributed by atoms with Gasteiger partial charge in [-0.3, -0.25) is 0 Å². The minimum absolute atomic E-state index is 0.0598. The molecule has 0 aliphatic rings. The Balaban J connectivity index is 2.20. The SMILES string of the molecule is O=C(O)c1cc(F)cc(COc2cc(Cl)c(Cl)cc2Cl)c1. The Labute approximate surface area is 134 Å². The summed E-state index contributed by atoms with van der Waals surface area (Å²) in [5.41, 5.74) is 0.198. The average molecular weight is 350 g/mol. The van der Waals surface area contributed by atoms with Gasteiger partial charge in [0.05, 0.1) is 20.6 Å². The second-order valence-corrected chi connectivity index (χ2v) is 5.36. The largest absolute Gasteiger partial charge is 0.487 e. The molecule has 0 unspecified atom stereocenters. The van der Waals surface area contributed by atoms with Crippen LogP contribution in [0.15, 0.2) is 30.3 Å². The summed E-state index contributed by atoms with van der Waals surface area (Å²) in [5.74, 6) is -1.61.